The maximum absolute atomic E-state index is 2.40. The van der Waals surface area contributed by atoms with Gasteiger partial charge in [0, 0.05) is 10.9 Å². The van der Waals surface area contributed by atoms with E-state index in [1.165, 1.54) is 61.0 Å². The summed E-state index contributed by atoms with van der Waals surface area (Å²) < 4.78 is 4.74. The molecule has 0 aliphatic heterocycles. The summed E-state index contributed by atoms with van der Waals surface area (Å²) in [4.78, 5) is 0. The highest BCUT2D eigenvalue weighted by molar-refractivity contribution is 6.07. The van der Waals surface area contributed by atoms with E-state index in [9.17, 15) is 0 Å². The van der Waals surface area contributed by atoms with Crippen molar-refractivity contribution in [2.75, 3.05) is 0 Å². The van der Waals surface area contributed by atoms with Crippen LogP contribution >= 0.6 is 0 Å². The van der Waals surface area contributed by atoms with Gasteiger partial charge in [-0.3, -0.25) is 0 Å². The van der Waals surface area contributed by atoms with Gasteiger partial charge in [-0.15, -0.1) is 0 Å². The SMILES string of the molecule is Cc1ccccc1-c1ccc2c3ccccc3n(-c3ccc(-c4ccc(-c5ccccc5)cc4)cc3)c2[n+]1C. The second kappa shape index (κ2) is 9.41. The van der Waals surface area contributed by atoms with Crippen LogP contribution in [-0.2, 0) is 7.05 Å². The van der Waals surface area contributed by atoms with E-state index in [1.807, 2.05) is 0 Å². The molecule has 2 heterocycles. The first-order chi connectivity index (χ1) is 19.2. The molecule has 186 valence electrons. The summed E-state index contributed by atoms with van der Waals surface area (Å²) in [6.07, 6.45) is 0. The van der Waals surface area contributed by atoms with Crippen LogP contribution in [0.25, 0.3) is 61.1 Å². The molecule has 2 heteroatoms. The molecule has 0 aliphatic rings. The summed E-state index contributed by atoms with van der Waals surface area (Å²) in [6.45, 7) is 2.18. The molecule has 7 aromatic rings. The predicted molar refractivity (Wildman–Crippen MR) is 163 cm³/mol. The van der Waals surface area contributed by atoms with E-state index in [2.05, 4.69) is 163 Å². The number of aryl methyl sites for hydroxylation is 2. The Hall–Kier alpha value is -4.95. The van der Waals surface area contributed by atoms with Gasteiger partial charge in [-0.1, -0.05) is 103 Å². The fourth-order valence-electron chi connectivity index (χ4n) is 5.82. The number of hydrogen-bond donors (Lipinski definition) is 0. The lowest BCUT2D eigenvalue weighted by Gasteiger charge is -2.10. The second-order valence-electron chi connectivity index (χ2n) is 10.2. The number of nitrogens with zero attached hydrogens (tertiary/aromatic N) is 2. The largest absolute Gasteiger partial charge is 0.295 e. The van der Waals surface area contributed by atoms with Gasteiger partial charge in [-0.2, -0.15) is 4.57 Å². The summed E-state index contributed by atoms with van der Waals surface area (Å²) in [5, 5.41) is 2.52. The molecule has 0 radical (unpaired) electrons. The first-order valence-corrected chi connectivity index (χ1v) is 13.4. The number of benzene rings is 5. The molecule has 5 aromatic carbocycles. The number of fused-ring (bicyclic) bond motifs is 3. The molecule has 0 aliphatic carbocycles. The van der Waals surface area contributed by atoms with Gasteiger partial charge in [-0.05, 0) is 71.1 Å². The molecule has 7 rings (SSSR count). The molecular formula is C37H29N2+. The van der Waals surface area contributed by atoms with Gasteiger partial charge in [0.25, 0.3) is 5.65 Å². The van der Waals surface area contributed by atoms with Gasteiger partial charge in [0.2, 0.25) is 0 Å². The topological polar surface area (TPSA) is 8.81 Å². The van der Waals surface area contributed by atoms with Gasteiger partial charge in [-0.25, -0.2) is 4.57 Å². The molecular weight excluding hydrogens is 472 g/mol. The lowest BCUT2D eigenvalue weighted by atomic mass is 10.0. The van der Waals surface area contributed by atoms with Crippen LogP contribution in [0, 0.1) is 6.92 Å². The summed E-state index contributed by atoms with van der Waals surface area (Å²) in [5.74, 6) is 0. The zero-order valence-electron chi connectivity index (χ0n) is 22.2. The average molecular weight is 502 g/mol. The Morgan fingerprint density at radius 2 is 1.05 bits per heavy atom. The van der Waals surface area contributed by atoms with Crippen molar-refractivity contribution in [3.8, 4) is 39.2 Å². The molecule has 0 saturated carbocycles. The van der Waals surface area contributed by atoms with Crippen LogP contribution in [0.4, 0.5) is 0 Å². The van der Waals surface area contributed by atoms with E-state index in [0.717, 1.165) is 5.69 Å². The van der Waals surface area contributed by atoms with E-state index in [4.69, 9.17) is 0 Å². The quantitative estimate of drug-likeness (QED) is 0.213. The van der Waals surface area contributed by atoms with Crippen molar-refractivity contribution in [1.82, 2.24) is 4.57 Å². The lowest BCUT2D eigenvalue weighted by molar-refractivity contribution is -0.636. The third-order valence-electron chi connectivity index (χ3n) is 7.85. The van der Waals surface area contributed by atoms with Crippen molar-refractivity contribution < 1.29 is 4.57 Å². The van der Waals surface area contributed by atoms with Crippen molar-refractivity contribution in [2.45, 2.75) is 6.92 Å². The molecule has 0 saturated heterocycles. The van der Waals surface area contributed by atoms with Crippen molar-refractivity contribution in [2.24, 2.45) is 7.05 Å². The van der Waals surface area contributed by atoms with Crippen LogP contribution in [0.3, 0.4) is 0 Å². The third-order valence-corrected chi connectivity index (χ3v) is 7.85. The summed E-state index contributed by atoms with van der Waals surface area (Å²) in [7, 11) is 2.18. The smallest absolute Gasteiger partial charge is 0.229 e. The molecule has 0 spiro atoms. The van der Waals surface area contributed by atoms with Gasteiger partial charge in [0.1, 0.15) is 16.9 Å². The standard InChI is InChI=1S/C37H29N2/c1-26-10-6-7-13-32(26)35-25-24-34-33-14-8-9-15-36(33)39(37(34)38(35)2)31-22-20-30(21-23-31)29-18-16-28(17-19-29)27-11-4-3-5-12-27/h3-25H,1-2H3/q+1. The zero-order chi connectivity index (χ0) is 26.3. The molecule has 0 amide bonds. The Kier molecular flexibility index (Phi) is 5.60. The van der Waals surface area contributed by atoms with Crippen LogP contribution in [0.2, 0.25) is 0 Å². The van der Waals surface area contributed by atoms with E-state index in [-0.39, 0.29) is 0 Å². The fourth-order valence-corrected chi connectivity index (χ4v) is 5.82. The Morgan fingerprint density at radius 3 is 1.74 bits per heavy atom. The van der Waals surface area contributed by atoms with Crippen LogP contribution in [0.5, 0.6) is 0 Å². The molecule has 0 atom stereocenters. The Bertz CT molecular complexity index is 1940. The minimum absolute atomic E-state index is 1.16. The highest BCUT2D eigenvalue weighted by Crippen LogP contribution is 2.33. The monoisotopic (exact) mass is 501 g/mol. The van der Waals surface area contributed by atoms with Gasteiger partial charge >= 0.3 is 0 Å². The summed E-state index contributed by atoms with van der Waals surface area (Å²) in [5.41, 5.74) is 12.2. The Labute approximate surface area is 229 Å². The minimum Gasteiger partial charge on any atom is -0.229 e. The summed E-state index contributed by atoms with van der Waals surface area (Å²) in [6, 6.07) is 50.2. The van der Waals surface area contributed by atoms with Crippen molar-refractivity contribution in [3.63, 3.8) is 0 Å². The first-order valence-electron chi connectivity index (χ1n) is 13.4. The highest BCUT2D eigenvalue weighted by atomic mass is 15.1. The number of rotatable bonds is 4. The molecule has 0 unspecified atom stereocenters. The molecule has 0 N–H and O–H groups in total. The highest BCUT2D eigenvalue weighted by Gasteiger charge is 2.24. The maximum Gasteiger partial charge on any atom is 0.295 e. The molecule has 0 fully saturated rings. The fraction of sp³-hybridized carbons (Fsp3) is 0.0541. The van der Waals surface area contributed by atoms with Crippen LogP contribution < -0.4 is 4.57 Å². The van der Waals surface area contributed by atoms with Crippen LogP contribution in [0.1, 0.15) is 5.56 Å². The lowest BCUT2D eigenvalue weighted by Crippen LogP contribution is -2.34. The minimum atomic E-state index is 1.16. The Balaban J connectivity index is 1.35. The van der Waals surface area contributed by atoms with Crippen LogP contribution in [-0.4, -0.2) is 4.57 Å². The van der Waals surface area contributed by atoms with Gasteiger partial charge < -0.3 is 0 Å². The first kappa shape index (κ1) is 23.2. The number of pyridine rings is 1. The second-order valence-corrected chi connectivity index (χ2v) is 10.2. The normalized spacial score (nSPS) is 11.3. The number of hydrogen-bond acceptors (Lipinski definition) is 0. The molecule has 39 heavy (non-hydrogen) atoms. The average Bonchev–Trinajstić information content (AvgIpc) is 3.34. The van der Waals surface area contributed by atoms with E-state index >= 15 is 0 Å². The van der Waals surface area contributed by atoms with Crippen LogP contribution in [0.15, 0.2) is 140 Å². The van der Waals surface area contributed by atoms with E-state index < -0.39 is 0 Å². The Morgan fingerprint density at radius 1 is 0.487 bits per heavy atom. The zero-order valence-corrected chi connectivity index (χ0v) is 22.2. The molecule has 2 aromatic heterocycles. The van der Waals surface area contributed by atoms with E-state index in [0.29, 0.717) is 0 Å². The molecule has 2 nitrogen and oxygen atoms in total. The van der Waals surface area contributed by atoms with Gasteiger partial charge in [0.05, 0.1) is 12.4 Å². The maximum atomic E-state index is 2.40. The van der Waals surface area contributed by atoms with E-state index in [1.54, 1.807) is 0 Å². The van der Waals surface area contributed by atoms with Crippen molar-refractivity contribution in [1.29, 1.82) is 0 Å². The number of aromatic nitrogens is 2. The molecule has 0 bridgehead atoms. The van der Waals surface area contributed by atoms with Crippen molar-refractivity contribution >= 4 is 21.9 Å². The summed E-state index contributed by atoms with van der Waals surface area (Å²) >= 11 is 0. The predicted octanol–water partition coefficient (Wildman–Crippen LogP) is 8.92. The van der Waals surface area contributed by atoms with Crippen molar-refractivity contribution in [3.05, 3.63) is 145 Å². The third kappa shape index (κ3) is 3.93. The van der Waals surface area contributed by atoms with Gasteiger partial charge in [0.15, 0.2) is 0 Å². The number of para-hydroxylation sites is 1.